The van der Waals surface area contributed by atoms with Crippen LogP contribution in [-0.2, 0) is 11.2 Å². The van der Waals surface area contributed by atoms with Crippen LogP contribution in [-0.4, -0.2) is 47.2 Å². The smallest absolute Gasteiger partial charge is 0.227 e. The number of nitrogens with zero attached hydrogens (tertiary/aromatic N) is 4. The summed E-state index contributed by atoms with van der Waals surface area (Å²) in [5.41, 5.74) is 3.00. The van der Waals surface area contributed by atoms with Crippen molar-refractivity contribution >= 4 is 11.7 Å². The van der Waals surface area contributed by atoms with Crippen LogP contribution in [0.2, 0.25) is 0 Å². The fraction of sp³-hybridized carbons (Fsp3) is 0.227. The molecule has 4 rings (SSSR count). The number of aromatic nitrogens is 2. The first-order valence-corrected chi connectivity index (χ1v) is 9.25. The van der Waals surface area contributed by atoms with Crippen molar-refractivity contribution in [1.29, 1.82) is 0 Å². The Kier molecular flexibility index (Phi) is 5.10. The van der Waals surface area contributed by atoms with E-state index in [0.717, 1.165) is 35.7 Å². The molecule has 27 heavy (non-hydrogen) atoms. The van der Waals surface area contributed by atoms with E-state index in [9.17, 15) is 4.79 Å². The van der Waals surface area contributed by atoms with E-state index in [1.165, 1.54) is 0 Å². The Morgan fingerprint density at radius 1 is 0.778 bits per heavy atom. The summed E-state index contributed by atoms with van der Waals surface area (Å²) in [5.74, 6) is 1.05. The zero-order valence-corrected chi connectivity index (χ0v) is 15.2. The lowest BCUT2D eigenvalue weighted by atomic mass is 10.1. The molecule has 0 bridgehead atoms. The molecule has 1 aliphatic heterocycles. The Hall–Kier alpha value is -3.21. The molecule has 5 nitrogen and oxygen atoms in total. The predicted molar refractivity (Wildman–Crippen MR) is 106 cm³/mol. The molecule has 0 atom stereocenters. The maximum absolute atomic E-state index is 12.5. The number of amides is 1. The highest BCUT2D eigenvalue weighted by atomic mass is 16.2. The normalized spacial score (nSPS) is 14.2. The molecule has 0 aliphatic carbocycles. The lowest BCUT2D eigenvalue weighted by Gasteiger charge is -2.35. The van der Waals surface area contributed by atoms with E-state index in [2.05, 4.69) is 15.1 Å². The van der Waals surface area contributed by atoms with Crippen LogP contribution in [0.1, 0.15) is 5.56 Å². The lowest BCUT2D eigenvalue weighted by molar-refractivity contribution is -0.130. The van der Waals surface area contributed by atoms with Crippen molar-refractivity contribution in [2.45, 2.75) is 6.42 Å². The minimum atomic E-state index is 0.186. The molecule has 1 amide bonds. The standard InChI is InChI=1S/C22H22N4O/c27-22(17-18-7-3-1-4-8-18)26-15-13-25(14-16-26)21-12-11-20(23-24-21)19-9-5-2-6-10-19/h1-12H,13-17H2. The first-order chi connectivity index (χ1) is 13.3. The number of anilines is 1. The number of benzene rings is 2. The topological polar surface area (TPSA) is 49.3 Å². The highest BCUT2D eigenvalue weighted by molar-refractivity contribution is 5.79. The quantitative estimate of drug-likeness (QED) is 0.719. The number of hydrogen-bond acceptors (Lipinski definition) is 4. The lowest BCUT2D eigenvalue weighted by Crippen LogP contribution is -2.49. The van der Waals surface area contributed by atoms with Crippen LogP contribution in [0.5, 0.6) is 0 Å². The maximum atomic E-state index is 12.5. The fourth-order valence-corrected chi connectivity index (χ4v) is 3.32. The van der Waals surface area contributed by atoms with Gasteiger partial charge in [0.25, 0.3) is 0 Å². The van der Waals surface area contributed by atoms with Crippen molar-refractivity contribution in [2.75, 3.05) is 31.1 Å². The van der Waals surface area contributed by atoms with Gasteiger partial charge in [-0.05, 0) is 17.7 Å². The molecule has 1 saturated heterocycles. The largest absolute Gasteiger partial charge is 0.352 e. The van der Waals surface area contributed by atoms with Gasteiger partial charge < -0.3 is 9.80 Å². The van der Waals surface area contributed by atoms with E-state index < -0.39 is 0 Å². The third-order valence-electron chi connectivity index (χ3n) is 4.87. The van der Waals surface area contributed by atoms with Crippen molar-refractivity contribution in [2.24, 2.45) is 0 Å². The van der Waals surface area contributed by atoms with Crippen LogP contribution in [0.4, 0.5) is 5.82 Å². The molecule has 1 aliphatic rings. The highest BCUT2D eigenvalue weighted by Gasteiger charge is 2.22. The Labute approximate surface area is 159 Å². The second-order valence-corrected chi connectivity index (χ2v) is 6.67. The van der Waals surface area contributed by atoms with Gasteiger partial charge in [-0.1, -0.05) is 60.7 Å². The molecule has 0 radical (unpaired) electrons. The van der Waals surface area contributed by atoms with Crippen LogP contribution < -0.4 is 4.90 Å². The Bertz CT molecular complexity index is 873. The molecule has 2 heterocycles. The minimum Gasteiger partial charge on any atom is -0.352 e. The van der Waals surface area contributed by atoms with E-state index in [1.54, 1.807) is 0 Å². The average Bonchev–Trinajstić information content (AvgIpc) is 2.75. The predicted octanol–water partition coefficient (Wildman–Crippen LogP) is 3.03. The number of piperazine rings is 1. The average molecular weight is 358 g/mol. The molecule has 0 unspecified atom stereocenters. The van der Waals surface area contributed by atoms with E-state index in [0.29, 0.717) is 19.5 Å². The van der Waals surface area contributed by atoms with E-state index in [4.69, 9.17) is 0 Å². The first-order valence-electron chi connectivity index (χ1n) is 9.25. The van der Waals surface area contributed by atoms with Gasteiger partial charge in [-0.25, -0.2) is 0 Å². The fourth-order valence-electron chi connectivity index (χ4n) is 3.32. The van der Waals surface area contributed by atoms with Crippen LogP contribution in [0.3, 0.4) is 0 Å². The summed E-state index contributed by atoms with van der Waals surface area (Å²) < 4.78 is 0. The monoisotopic (exact) mass is 358 g/mol. The highest BCUT2D eigenvalue weighted by Crippen LogP contribution is 2.19. The summed E-state index contributed by atoms with van der Waals surface area (Å²) in [6.45, 7) is 2.99. The number of hydrogen-bond donors (Lipinski definition) is 0. The van der Waals surface area contributed by atoms with E-state index >= 15 is 0 Å². The summed E-state index contributed by atoms with van der Waals surface area (Å²) in [4.78, 5) is 16.6. The number of rotatable bonds is 4. The van der Waals surface area contributed by atoms with Gasteiger partial charge in [0.15, 0.2) is 5.82 Å². The third-order valence-corrected chi connectivity index (χ3v) is 4.87. The van der Waals surface area contributed by atoms with Gasteiger partial charge in [0, 0.05) is 31.7 Å². The summed E-state index contributed by atoms with van der Waals surface area (Å²) in [7, 11) is 0. The molecule has 3 aromatic rings. The van der Waals surface area contributed by atoms with Crippen molar-refractivity contribution < 1.29 is 4.79 Å². The zero-order chi connectivity index (χ0) is 18.5. The zero-order valence-electron chi connectivity index (χ0n) is 15.2. The number of carbonyl (C=O) groups is 1. The Morgan fingerprint density at radius 3 is 2.07 bits per heavy atom. The van der Waals surface area contributed by atoms with Gasteiger partial charge >= 0.3 is 0 Å². The van der Waals surface area contributed by atoms with Crippen LogP contribution in [0.25, 0.3) is 11.3 Å². The van der Waals surface area contributed by atoms with Crippen LogP contribution in [0.15, 0.2) is 72.8 Å². The molecule has 0 spiro atoms. The van der Waals surface area contributed by atoms with Crippen LogP contribution in [0, 0.1) is 0 Å². The minimum absolute atomic E-state index is 0.186. The van der Waals surface area contributed by atoms with Crippen molar-refractivity contribution in [1.82, 2.24) is 15.1 Å². The molecule has 1 fully saturated rings. The van der Waals surface area contributed by atoms with Gasteiger partial charge in [-0.3, -0.25) is 4.79 Å². The molecule has 2 aromatic carbocycles. The molecule has 1 aromatic heterocycles. The first kappa shape index (κ1) is 17.2. The molecule has 0 saturated carbocycles. The summed E-state index contributed by atoms with van der Waals surface area (Å²) in [6.07, 6.45) is 0.465. The van der Waals surface area contributed by atoms with Gasteiger partial charge in [0.2, 0.25) is 5.91 Å². The molecule has 5 heteroatoms. The second kappa shape index (κ2) is 7.99. The van der Waals surface area contributed by atoms with Gasteiger partial charge in [0.1, 0.15) is 0 Å². The summed E-state index contributed by atoms with van der Waals surface area (Å²) in [6, 6.07) is 24.0. The third kappa shape index (κ3) is 4.14. The number of carbonyl (C=O) groups excluding carboxylic acids is 1. The maximum Gasteiger partial charge on any atom is 0.227 e. The molecular weight excluding hydrogens is 336 g/mol. The van der Waals surface area contributed by atoms with E-state index in [-0.39, 0.29) is 5.91 Å². The SMILES string of the molecule is O=C(Cc1ccccc1)N1CCN(c2ccc(-c3ccccc3)nn2)CC1. The Morgan fingerprint density at radius 2 is 1.44 bits per heavy atom. The summed E-state index contributed by atoms with van der Waals surface area (Å²) in [5, 5.41) is 8.75. The van der Waals surface area contributed by atoms with Gasteiger partial charge in [-0.15, -0.1) is 10.2 Å². The summed E-state index contributed by atoms with van der Waals surface area (Å²) >= 11 is 0. The van der Waals surface area contributed by atoms with Crippen LogP contribution >= 0.6 is 0 Å². The van der Waals surface area contributed by atoms with Crippen molar-refractivity contribution in [3.8, 4) is 11.3 Å². The van der Waals surface area contributed by atoms with Crippen molar-refractivity contribution in [3.05, 3.63) is 78.4 Å². The van der Waals surface area contributed by atoms with Crippen molar-refractivity contribution in [3.63, 3.8) is 0 Å². The molecule has 136 valence electrons. The van der Waals surface area contributed by atoms with E-state index in [1.807, 2.05) is 77.7 Å². The van der Waals surface area contributed by atoms with Gasteiger partial charge in [-0.2, -0.15) is 0 Å². The van der Waals surface area contributed by atoms with Gasteiger partial charge in [0.05, 0.1) is 12.1 Å². The molecular formula is C22H22N4O. The second-order valence-electron chi connectivity index (χ2n) is 6.67. The Balaban J connectivity index is 1.34. The molecule has 0 N–H and O–H groups in total.